The Morgan fingerprint density at radius 3 is 2.68 bits per heavy atom. The van der Waals surface area contributed by atoms with E-state index >= 15 is 0 Å². The minimum absolute atomic E-state index is 0.320. The van der Waals surface area contributed by atoms with Gasteiger partial charge in [0, 0.05) is 24.9 Å². The summed E-state index contributed by atoms with van der Waals surface area (Å²) in [7, 11) is 2.24. The van der Waals surface area contributed by atoms with Crippen LogP contribution >= 0.6 is 0 Å². The number of carbonyl (C=O) groups is 1. The van der Waals surface area contributed by atoms with Crippen molar-refractivity contribution in [1.82, 2.24) is 4.90 Å². The smallest absolute Gasteiger partial charge is 0.137 e. The maximum atomic E-state index is 12.1. The molecular formula is C17H31NO. The molecule has 0 N–H and O–H groups in total. The van der Waals surface area contributed by atoms with Gasteiger partial charge in [-0.2, -0.15) is 0 Å². The van der Waals surface area contributed by atoms with Gasteiger partial charge in [-0.3, -0.25) is 4.79 Å². The second-order valence-electron chi connectivity index (χ2n) is 7.08. The standard InChI is InChI=1S/C17H31NO/c1-4-14-8-9-17(19)15(11-14)12-18(3)16-7-5-6-13(2)10-16/h13-16H,4-12H2,1-3H3. The predicted octanol–water partition coefficient (Wildman–Crippen LogP) is 3.89. The van der Waals surface area contributed by atoms with Crippen molar-refractivity contribution in [2.45, 2.75) is 71.3 Å². The van der Waals surface area contributed by atoms with Gasteiger partial charge in [-0.05, 0) is 44.6 Å². The van der Waals surface area contributed by atoms with Gasteiger partial charge in [0.05, 0.1) is 0 Å². The van der Waals surface area contributed by atoms with Gasteiger partial charge in [0.2, 0.25) is 0 Å². The van der Waals surface area contributed by atoms with Gasteiger partial charge < -0.3 is 4.90 Å². The molecule has 0 aromatic rings. The number of Topliss-reactive ketones (excluding diaryl/α,β-unsaturated/α-hetero) is 1. The Hall–Kier alpha value is -0.370. The Bertz CT molecular complexity index is 302. The van der Waals surface area contributed by atoms with Crippen molar-refractivity contribution in [2.75, 3.05) is 13.6 Å². The van der Waals surface area contributed by atoms with E-state index < -0.39 is 0 Å². The predicted molar refractivity (Wildman–Crippen MR) is 80.2 cm³/mol. The van der Waals surface area contributed by atoms with Crippen molar-refractivity contribution < 1.29 is 4.79 Å². The van der Waals surface area contributed by atoms with Crippen molar-refractivity contribution in [3.8, 4) is 0 Å². The highest BCUT2D eigenvalue weighted by Crippen LogP contribution is 2.31. The summed E-state index contributed by atoms with van der Waals surface area (Å²) < 4.78 is 0. The first kappa shape index (κ1) is 15.0. The molecule has 0 aromatic carbocycles. The van der Waals surface area contributed by atoms with Crippen LogP contribution < -0.4 is 0 Å². The third-order valence-corrected chi connectivity index (χ3v) is 5.49. The molecule has 0 aromatic heterocycles. The first-order valence-corrected chi connectivity index (χ1v) is 8.33. The molecule has 19 heavy (non-hydrogen) atoms. The summed E-state index contributed by atoms with van der Waals surface area (Å²) in [6.45, 7) is 5.65. The van der Waals surface area contributed by atoms with Crippen LogP contribution in [0.3, 0.4) is 0 Å². The molecule has 0 radical (unpaired) electrons. The maximum Gasteiger partial charge on any atom is 0.137 e. The molecule has 4 atom stereocenters. The highest BCUT2D eigenvalue weighted by Gasteiger charge is 2.31. The van der Waals surface area contributed by atoms with E-state index in [0.29, 0.717) is 11.7 Å². The van der Waals surface area contributed by atoms with E-state index in [1.54, 1.807) is 0 Å². The molecule has 2 aliphatic rings. The van der Waals surface area contributed by atoms with Crippen LogP contribution in [0.15, 0.2) is 0 Å². The SMILES string of the molecule is CCC1CCC(=O)C(CN(C)C2CCCC(C)C2)C1. The molecule has 4 unspecified atom stereocenters. The van der Waals surface area contributed by atoms with Gasteiger partial charge in [-0.1, -0.05) is 33.1 Å². The minimum Gasteiger partial charge on any atom is -0.303 e. The number of ketones is 1. The van der Waals surface area contributed by atoms with Gasteiger partial charge in [0.25, 0.3) is 0 Å². The fourth-order valence-electron chi connectivity index (χ4n) is 4.05. The lowest BCUT2D eigenvalue weighted by Gasteiger charge is -2.37. The van der Waals surface area contributed by atoms with Crippen LogP contribution in [0.4, 0.5) is 0 Å². The molecular weight excluding hydrogens is 234 g/mol. The Morgan fingerprint density at radius 1 is 1.21 bits per heavy atom. The van der Waals surface area contributed by atoms with Gasteiger partial charge in [-0.15, -0.1) is 0 Å². The highest BCUT2D eigenvalue weighted by molar-refractivity contribution is 5.81. The Balaban J connectivity index is 1.86. The van der Waals surface area contributed by atoms with E-state index in [2.05, 4.69) is 25.8 Å². The third kappa shape index (κ3) is 4.05. The van der Waals surface area contributed by atoms with Crippen LogP contribution in [0.2, 0.25) is 0 Å². The minimum atomic E-state index is 0.320. The second kappa shape index (κ2) is 6.88. The molecule has 2 rings (SSSR count). The number of hydrogen-bond donors (Lipinski definition) is 0. The van der Waals surface area contributed by atoms with Gasteiger partial charge in [-0.25, -0.2) is 0 Å². The van der Waals surface area contributed by atoms with E-state index in [9.17, 15) is 4.79 Å². The normalized spacial score (nSPS) is 36.7. The number of carbonyl (C=O) groups excluding carboxylic acids is 1. The monoisotopic (exact) mass is 265 g/mol. The topological polar surface area (TPSA) is 20.3 Å². The molecule has 110 valence electrons. The second-order valence-corrected chi connectivity index (χ2v) is 7.08. The van der Waals surface area contributed by atoms with E-state index in [0.717, 1.165) is 43.7 Å². The average molecular weight is 265 g/mol. The molecule has 2 fully saturated rings. The summed E-state index contributed by atoms with van der Waals surface area (Å²) in [5, 5.41) is 0. The van der Waals surface area contributed by atoms with Crippen molar-refractivity contribution in [3.63, 3.8) is 0 Å². The van der Waals surface area contributed by atoms with Crippen LogP contribution in [0.25, 0.3) is 0 Å². The number of hydrogen-bond acceptors (Lipinski definition) is 2. The van der Waals surface area contributed by atoms with Crippen LogP contribution in [-0.2, 0) is 4.79 Å². The summed E-state index contributed by atoms with van der Waals surface area (Å²) >= 11 is 0. The Labute approximate surface area is 118 Å². The molecule has 2 saturated carbocycles. The van der Waals surface area contributed by atoms with Gasteiger partial charge >= 0.3 is 0 Å². The van der Waals surface area contributed by atoms with Gasteiger partial charge in [0.1, 0.15) is 5.78 Å². The van der Waals surface area contributed by atoms with E-state index in [1.165, 1.54) is 32.1 Å². The summed E-state index contributed by atoms with van der Waals surface area (Å²) in [4.78, 5) is 14.6. The summed E-state index contributed by atoms with van der Waals surface area (Å²) in [5.41, 5.74) is 0. The molecule has 0 aliphatic heterocycles. The van der Waals surface area contributed by atoms with Crippen molar-refractivity contribution in [2.24, 2.45) is 17.8 Å². The molecule has 0 amide bonds. The lowest BCUT2D eigenvalue weighted by atomic mass is 9.78. The number of rotatable bonds is 4. The fourth-order valence-corrected chi connectivity index (χ4v) is 4.05. The van der Waals surface area contributed by atoms with Crippen LogP contribution in [0.1, 0.15) is 65.2 Å². The zero-order chi connectivity index (χ0) is 13.8. The first-order chi connectivity index (χ1) is 9.10. The van der Waals surface area contributed by atoms with Crippen LogP contribution in [0, 0.1) is 17.8 Å². The molecule has 2 aliphatic carbocycles. The van der Waals surface area contributed by atoms with E-state index in [4.69, 9.17) is 0 Å². The Morgan fingerprint density at radius 2 is 2.00 bits per heavy atom. The highest BCUT2D eigenvalue weighted by atomic mass is 16.1. The molecule has 2 nitrogen and oxygen atoms in total. The molecule has 0 bridgehead atoms. The average Bonchev–Trinajstić information content (AvgIpc) is 2.41. The van der Waals surface area contributed by atoms with E-state index in [1.807, 2.05) is 0 Å². The maximum absolute atomic E-state index is 12.1. The molecule has 0 spiro atoms. The zero-order valence-corrected chi connectivity index (χ0v) is 13.0. The molecule has 0 saturated heterocycles. The van der Waals surface area contributed by atoms with E-state index in [-0.39, 0.29) is 0 Å². The summed E-state index contributed by atoms with van der Waals surface area (Å²) in [6.07, 6.45) is 9.77. The molecule has 0 heterocycles. The largest absolute Gasteiger partial charge is 0.303 e. The Kier molecular flexibility index (Phi) is 5.44. The third-order valence-electron chi connectivity index (χ3n) is 5.49. The lowest BCUT2D eigenvalue weighted by molar-refractivity contribution is -0.126. The lowest BCUT2D eigenvalue weighted by Crippen LogP contribution is -2.41. The van der Waals surface area contributed by atoms with Crippen LogP contribution in [-0.4, -0.2) is 30.3 Å². The summed E-state index contributed by atoms with van der Waals surface area (Å²) in [5.74, 6) is 2.51. The fraction of sp³-hybridized carbons (Fsp3) is 0.941. The van der Waals surface area contributed by atoms with Crippen molar-refractivity contribution in [1.29, 1.82) is 0 Å². The zero-order valence-electron chi connectivity index (χ0n) is 13.0. The van der Waals surface area contributed by atoms with Gasteiger partial charge in [0.15, 0.2) is 0 Å². The van der Waals surface area contributed by atoms with Crippen molar-refractivity contribution in [3.05, 3.63) is 0 Å². The van der Waals surface area contributed by atoms with Crippen LogP contribution in [0.5, 0.6) is 0 Å². The summed E-state index contributed by atoms with van der Waals surface area (Å²) in [6, 6.07) is 0.721. The van der Waals surface area contributed by atoms with Crippen molar-refractivity contribution >= 4 is 5.78 Å². The molecule has 2 heteroatoms. The number of nitrogens with zero attached hydrogens (tertiary/aromatic N) is 1. The quantitative estimate of drug-likeness (QED) is 0.768. The first-order valence-electron chi connectivity index (χ1n) is 8.33.